The number of hydrogen-bond acceptors (Lipinski definition) is 3. The molecule has 5 heteroatoms. The molecule has 2 aliphatic rings. The lowest BCUT2D eigenvalue weighted by molar-refractivity contribution is -0.139. The van der Waals surface area contributed by atoms with Crippen LogP contribution >= 0.6 is 0 Å². The molecule has 2 fully saturated rings. The highest BCUT2D eigenvalue weighted by molar-refractivity contribution is 5.77. The molecule has 0 unspecified atom stereocenters. The number of rotatable bonds is 3. The molecule has 1 aromatic rings. The second-order valence-corrected chi connectivity index (χ2v) is 7.05. The van der Waals surface area contributed by atoms with Crippen molar-refractivity contribution in [2.75, 3.05) is 33.3 Å². The van der Waals surface area contributed by atoms with Crippen LogP contribution in [0.25, 0.3) is 0 Å². The van der Waals surface area contributed by atoms with Gasteiger partial charge in [-0.2, -0.15) is 0 Å². The number of likely N-dealkylation sites (tertiary alicyclic amines) is 2. The molecular weight excluding hydrogens is 304 g/mol. The van der Waals surface area contributed by atoms with Gasteiger partial charge in [-0.05, 0) is 31.2 Å². The molecular formula is C19H26N2O3. The average molecular weight is 330 g/mol. The number of ether oxygens (including phenoxy) is 1. The lowest BCUT2D eigenvalue weighted by Gasteiger charge is -2.47. The maximum absolute atomic E-state index is 12.3. The number of hydrogen-bond donors (Lipinski definition) is 0. The third kappa shape index (κ3) is 3.71. The number of carbonyl (C=O) groups is 2. The van der Waals surface area contributed by atoms with E-state index in [9.17, 15) is 9.59 Å². The van der Waals surface area contributed by atoms with E-state index in [1.54, 1.807) is 4.90 Å². The molecule has 0 bridgehead atoms. The fourth-order valence-corrected chi connectivity index (χ4v) is 4.04. The summed E-state index contributed by atoms with van der Waals surface area (Å²) in [4.78, 5) is 28.0. The molecule has 0 aliphatic carbocycles. The minimum absolute atomic E-state index is 0.0387. The van der Waals surface area contributed by atoms with E-state index in [0.29, 0.717) is 13.0 Å². The Morgan fingerprint density at radius 3 is 2.75 bits per heavy atom. The van der Waals surface area contributed by atoms with E-state index in [0.717, 1.165) is 45.3 Å². The van der Waals surface area contributed by atoms with E-state index < -0.39 is 0 Å². The molecule has 3 rings (SSSR count). The van der Waals surface area contributed by atoms with E-state index >= 15 is 0 Å². The molecule has 130 valence electrons. The molecule has 2 aliphatic heterocycles. The van der Waals surface area contributed by atoms with Crippen molar-refractivity contribution >= 4 is 12.0 Å². The summed E-state index contributed by atoms with van der Waals surface area (Å²) in [5, 5.41) is 0. The predicted molar refractivity (Wildman–Crippen MR) is 91.6 cm³/mol. The van der Waals surface area contributed by atoms with Crippen molar-refractivity contribution < 1.29 is 14.3 Å². The Bertz CT molecular complexity index is 590. The minimum atomic E-state index is -0.248. The number of methoxy groups -OCH3 is 1. The lowest BCUT2D eigenvalue weighted by Crippen LogP contribution is -2.55. The monoisotopic (exact) mass is 330 g/mol. The minimum Gasteiger partial charge on any atom is -0.453 e. The van der Waals surface area contributed by atoms with Crippen molar-refractivity contribution in [3.05, 3.63) is 35.9 Å². The highest BCUT2D eigenvalue weighted by Crippen LogP contribution is 2.39. The smallest absolute Gasteiger partial charge is 0.409 e. The average Bonchev–Trinajstić information content (AvgIpc) is 2.63. The number of benzene rings is 1. The van der Waals surface area contributed by atoms with Gasteiger partial charge in [0, 0.05) is 38.0 Å². The van der Waals surface area contributed by atoms with Crippen LogP contribution in [0, 0.1) is 5.41 Å². The molecule has 1 aromatic carbocycles. The van der Waals surface area contributed by atoms with Crippen molar-refractivity contribution in [2.45, 2.75) is 32.1 Å². The van der Waals surface area contributed by atoms with Gasteiger partial charge in [0.15, 0.2) is 0 Å². The normalized spacial score (nSPS) is 24.3. The zero-order chi connectivity index (χ0) is 17.0. The van der Waals surface area contributed by atoms with Gasteiger partial charge in [-0.3, -0.25) is 4.79 Å². The highest BCUT2D eigenvalue weighted by Gasteiger charge is 2.42. The first kappa shape index (κ1) is 16.8. The van der Waals surface area contributed by atoms with Gasteiger partial charge in [0.25, 0.3) is 0 Å². The fourth-order valence-electron chi connectivity index (χ4n) is 4.04. The van der Waals surface area contributed by atoms with Crippen molar-refractivity contribution in [2.24, 2.45) is 5.41 Å². The van der Waals surface area contributed by atoms with Crippen LogP contribution in [0.3, 0.4) is 0 Å². The summed E-state index contributed by atoms with van der Waals surface area (Å²) in [5.74, 6) is 0.242. The Kier molecular flexibility index (Phi) is 5.07. The van der Waals surface area contributed by atoms with E-state index in [1.807, 2.05) is 23.1 Å². The first-order valence-corrected chi connectivity index (χ1v) is 8.76. The number of carbonyl (C=O) groups excluding carboxylic acids is 2. The summed E-state index contributed by atoms with van der Waals surface area (Å²) in [6.07, 6.45) is 4.15. The van der Waals surface area contributed by atoms with Crippen molar-refractivity contribution in [1.82, 2.24) is 9.80 Å². The third-order valence-electron chi connectivity index (χ3n) is 5.36. The van der Waals surface area contributed by atoms with E-state index in [-0.39, 0.29) is 17.4 Å². The molecule has 1 spiro atoms. The van der Waals surface area contributed by atoms with Gasteiger partial charge in [-0.25, -0.2) is 4.79 Å². The molecule has 1 atom stereocenters. The largest absolute Gasteiger partial charge is 0.453 e. The number of piperidine rings is 2. The Balaban J connectivity index is 1.64. The van der Waals surface area contributed by atoms with E-state index in [4.69, 9.17) is 4.74 Å². The van der Waals surface area contributed by atoms with Crippen LogP contribution in [0.5, 0.6) is 0 Å². The standard InChI is InChI=1S/C19H26N2O3/c1-24-18(23)21-12-5-10-19(15-21)11-8-17(22)20(14-19)13-9-16-6-3-2-4-7-16/h2-4,6-7H,5,8-15H2,1H3/t19-/m0/s1. The van der Waals surface area contributed by atoms with Gasteiger partial charge < -0.3 is 14.5 Å². The van der Waals surface area contributed by atoms with Crippen LogP contribution in [-0.4, -0.2) is 55.1 Å². The Labute approximate surface area is 143 Å². The highest BCUT2D eigenvalue weighted by atomic mass is 16.5. The molecule has 0 radical (unpaired) electrons. The SMILES string of the molecule is COC(=O)N1CCC[C@@]2(CCC(=O)N(CCc3ccccc3)C2)C1. The number of amides is 2. The van der Waals surface area contributed by atoms with Crippen LogP contribution in [0.4, 0.5) is 4.79 Å². The van der Waals surface area contributed by atoms with Gasteiger partial charge in [0.2, 0.25) is 5.91 Å². The zero-order valence-corrected chi connectivity index (χ0v) is 14.4. The topological polar surface area (TPSA) is 49.9 Å². The maximum Gasteiger partial charge on any atom is 0.409 e. The van der Waals surface area contributed by atoms with Crippen molar-refractivity contribution in [1.29, 1.82) is 0 Å². The Morgan fingerprint density at radius 1 is 1.21 bits per heavy atom. The second-order valence-electron chi connectivity index (χ2n) is 7.05. The molecule has 0 saturated carbocycles. The quantitative estimate of drug-likeness (QED) is 0.856. The van der Waals surface area contributed by atoms with Gasteiger partial charge in [-0.15, -0.1) is 0 Å². The molecule has 0 aromatic heterocycles. The third-order valence-corrected chi connectivity index (χ3v) is 5.36. The predicted octanol–water partition coefficient (Wildman–Crippen LogP) is 2.70. The summed E-state index contributed by atoms with van der Waals surface area (Å²) < 4.78 is 4.88. The van der Waals surface area contributed by atoms with E-state index in [1.165, 1.54) is 12.7 Å². The first-order valence-electron chi connectivity index (χ1n) is 8.76. The molecule has 0 N–H and O–H groups in total. The zero-order valence-electron chi connectivity index (χ0n) is 14.4. The van der Waals surface area contributed by atoms with Crippen molar-refractivity contribution in [3.63, 3.8) is 0 Å². The molecule has 5 nitrogen and oxygen atoms in total. The summed E-state index contributed by atoms with van der Waals surface area (Å²) in [6.45, 7) is 2.97. The summed E-state index contributed by atoms with van der Waals surface area (Å²) in [6, 6.07) is 10.3. The molecule has 2 saturated heterocycles. The summed E-state index contributed by atoms with van der Waals surface area (Å²) >= 11 is 0. The summed E-state index contributed by atoms with van der Waals surface area (Å²) in [7, 11) is 1.43. The second kappa shape index (κ2) is 7.24. The molecule has 24 heavy (non-hydrogen) atoms. The van der Waals surface area contributed by atoms with Crippen LogP contribution in [-0.2, 0) is 16.0 Å². The molecule has 2 amide bonds. The van der Waals surface area contributed by atoms with Crippen LogP contribution in [0.2, 0.25) is 0 Å². The van der Waals surface area contributed by atoms with Gasteiger partial charge >= 0.3 is 6.09 Å². The lowest BCUT2D eigenvalue weighted by atomic mass is 9.73. The molecule has 2 heterocycles. The number of nitrogens with zero attached hydrogens (tertiary/aromatic N) is 2. The van der Waals surface area contributed by atoms with Crippen LogP contribution < -0.4 is 0 Å². The van der Waals surface area contributed by atoms with Gasteiger partial charge in [0.1, 0.15) is 0 Å². The maximum atomic E-state index is 12.3. The van der Waals surface area contributed by atoms with E-state index in [2.05, 4.69) is 12.1 Å². The summed E-state index contributed by atoms with van der Waals surface area (Å²) in [5.41, 5.74) is 1.29. The van der Waals surface area contributed by atoms with Crippen molar-refractivity contribution in [3.8, 4) is 0 Å². The van der Waals surface area contributed by atoms with Crippen LogP contribution in [0.1, 0.15) is 31.2 Å². The Hall–Kier alpha value is -2.04. The Morgan fingerprint density at radius 2 is 2.00 bits per heavy atom. The van der Waals surface area contributed by atoms with Crippen LogP contribution in [0.15, 0.2) is 30.3 Å². The first-order chi connectivity index (χ1) is 11.6. The fraction of sp³-hybridized carbons (Fsp3) is 0.579. The van der Waals surface area contributed by atoms with Gasteiger partial charge in [-0.1, -0.05) is 30.3 Å². The van der Waals surface area contributed by atoms with Gasteiger partial charge in [0.05, 0.1) is 7.11 Å².